The highest BCUT2D eigenvalue weighted by Gasteiger charge is 2.31. The van der Waals surface area contributed by atoms with Crippen LogP contribution in [0.25, 0.3) is 5.69 Å². The third kappa shape index (κ3) is 3.95. The average molecular weight is 469 g/mol. The maximum absolute atomic E-state index is 12.9. The van der Waals surface area contributed by atoms with Gasteiger partial charge in [-0.05, 0) is 62.1 Å². The first-order chi connectivity index (χ1) is 15.5. The summed E-state index contributed by atoms with van der Waals surface area (Å²) in [6, 6.07) is 15.3. The second kappa shape index (κ2) is 8.37. The van der Waals surface area contributed by atoms with Crippen LogP contribution >= 0.6 is 11.8 Å². The quantitative estimate of drug-likeness (QED) is 0.369. The van der Waals surface area contributed by atoms with E-state index in [1.54, 1.807) is 19.1 Å². The molecule has 2 aliphatic rings. The van der Waals surface area contributed by atoms with E-state index in [9.17, 15) is 13.2 Å². The van der Waals surface area contributed by atoms with E-state index in [0.29, 0.717) is 35.3 Å². The van der Waals surface area contributed by atoms with Gasteiger partial charge in [-0.3, -0.25) is 13.7 Å². The van der Waals surface area contributed by atoms with Crippen molar-refractivity contribution in [1.82, 2.24) is 14.8 Å². The van der Waals surface area contributed by atoms with Crippen LogP contribution in [0.2, 0.25) is 0 Å². The van der Waals surface area contributed by atoms with Crippen LogP contribution in [0.3, 0.4) is 0 Å². The van der Waals surface area contributed by atoms with Crippen molar-refractivity contribution >= 4 is 33.3 Å². The number of rotatable bonds is 8. The lowest BCUT2D eigenvalue weighted by Crippen LogP contribution is -2.30. The summed E-state index contributed by atoms with van der Waals surface area (Å²) in [6.07, 6.45) is 2.86. The van der Waals surface area contributed by atoms with Crippen LogP contribution in [0, 0.1) is 0 Å². The third-order valence-corrected chi connectivity index (χ3v) is 8.61. The number of ketones is 1. The summed E-state index contributed by atoms with van der Waals surface area (Å²) in [6.45, 7) is 2.08. The molecule has 2 heterocycles. The van der Waals surface area contributed by atoms with Crippen LogP contribution in [0.15, 0.2) is 53.7 Å². The standard InChI is InChI=1S/C23H24N4O3S2/c1-2-32(29,30)26-13-12-17-14-18(10-11-20(17)26)21(28)15-31-23-25-24-22(16-8-9-16)27(23)19-6-4-3-5-7-19/h3-7,10-11,14,16H,2,8-9,12-13,15H2,1H3. The van der Waals surface area contributed by atoms with Crippen LogP contribution in [-0.2, 0) is 16.4 Å². The van der Waals surface area contributed by atoms with Gasteiger partial charge < -0.3 is 0 Å². The highest BCUT2D eigenvalue weighted by atomic mass is 32.2. The summed E-state index contributed by atoms with van der Waals surface area (Å²) in [5.41, 5.74) is 3.19. The number of Topliss-reactive ketones (excluding diaryl/α,β-unsaturated/α-hetero) is 1. The third-order valence-electron chi connectivity index (χ3n) is 5.90. The average Bonchev–Trinajstić information content (AvgIpc) is 3.42. The fraction of sp³-hybridized carbons (Fsp3) is 0.348. The van der Waals surface area contributed by atoms with Crippen molar-refractivity contribution in [1.29, 1.82) is 0 Å². The largest absolute Gasteiger partial charge is 0.293 e. The molecule has 0 bridgehead atoms. The Bertz CT molecular complexity index is 1270. The van der Waals surface area contributed by atoms with Gasteiger partial charge in [0.15, 0.2) is 10.9 Å². The van der Waals surface area contributed by atoms with E-state index in [4.69, 9.17) is 0 Å². The number of fused-ring (bicyclic) bond motifs is 1. The minimum atomic E-state index is -3.30. The van der Waals surface area contributed by atoms with E-state index in [2.05, 4.69) is 14.8 Å². The molecule has 166 valence electrons. The van der Waals surface area contributed by atoms with Gasteiger partial charge in [-0.25, -0.2) is 8.42 Å². The van der Waals surface area contributed by atoms with Crippen LogP contribution in [0.5, 0.6) is 0 Å². The second-order valence-corrected chi connectivity index (χ2v) is 11.2. The Labute approximate surface area is 191 Å². The molecule has 5 rings (SSSR count). The second-order valence-electron chi connectivity index (χ2n) is 8.06. The molecule has 7 nitrogen and oxygen atoms in total. The molecule has 0 radical (unpaired) electrons. The zero-order valence-corrected chi connectivity index (χ0v) is 19.4. The van der Waals surface area contributed by atoms with E-state index >= 15 is 0 Å². The molecule has 0 unspecified atom stereocenters. The van der Waals surface area contributed by atoms with Gasteiger partial charge in [0.1, 0.15) is 5.82 Å². The monoisotopic (exact) mass is 468 g/mol. The smallest absolute Gasteiger partial charge is 0.234 e. The number of anilines is 1. The Morgan fingerprint density at radius 1 is 1.12 bits per heavy atom. The van der Waals surface area contributed by atoms with Gasteiger partial charge in [0.25, 0.3) is 0 Å². The number of hydrogen-bond donors (Lipinski definition) is 0. The number of aromatic nitrogens is 3. The number of sulfonamides is 1. The number of thioether (sulfide) groups is 1. The Morgan fingerprint density at radius 2 is 1.91 bits per heavy atom. The number of carbonyl (C=O) groups is 1. The molecule has 3 aromatic rings. The molecule has 0 atom stereocenters. The number of carbonyl (C=O) groups excluding carboxylic acids is 1. The Balaban J connectivity index is 1.34. The highest BCUT2D eigenvalue weighted by Crippen LogP contribution is 2.41. The molecule has 1 aliphatic heterocycles. The minimum Gasteiger partial charge on any atom is -0.293 e. The molecule has 9 heteroatoms. The minimum absolute atomic E-state index is 0.00909. The molecule has 2 aromatic carbocycles. The molecule has 0 saturated heterocycles. The zero-order chi connectivity index (χ0) is 22.3. The predicted molar refractivity (Wildman–Crippen MR) is 125 cm³/mol. The molecule has 1 aromatic heterocycles. The van der Waals surface area contributed by atoms with Crippen LogP contribution < -0.4 is 4.31 Å². The van der Waals surface area contributed by atoms with Crippen molar-refractivity contribution in [2.24, 2.45) is 0 Å². The van der Waals surface area contributed by atoms with Gasteiger partial charge in [-0.2, -0.15) is 0 Å². The van der Waals surface area contributed by atoms with E-state index in [-0.39, 0.29) is 17.3 Å². The van der Waals surface area contributed by atoms with Gasteiger partial charge in [0.2, 0.25) is 10.0 Å². The molecule has 1 aliphatic carbocycles. The van der Waals surface area contributed by atoms with E-state index in [1.165, 1.54) is 16.1 Å². The molecule has 0 amide bonds. The van der Waals surface area contributed by atoms with Crippen molar-refractivity contribution in [3.8, 4) is 5.69 Å². The summed E-state index contributed by atoms with van der Waals surface area (Å²) in [4.78, 5) is 12.9. The van der Waals surface area contributed by atoms with Crippen molar-refractivity contribution < 1.29 is 13.2 Å². The summed E-state index contributed by atoms with van der Waals surface area (Å²) in [5, 5.41) is 9.50. The Kier molecular flexibility index (Phi) is 5.54. The van der Waals surface area contributed by atoms with Crippen LogP contribution in [-0.4, -0.2) is 47.0 Å². The SMILES string of the molecule is CCS(=O)(=O)N1CCc2cc(C(=O)CSc3nnc(C4CC4)n3-c3ccccc3)ccc21. The zero-order valence-electron chi connectivity index (χ0n) is 17.8. The van der Waals surface area contributed by atoms with E-state index in [0.717, 1.165) is 29.9 Å². The first-order valence-corrected chi connectivity index (χ1v) is 13.4. The molecule has 0 spiro atoms. The number of para-hydroxylation sites is 1. The first-order valence-electron chi connectivity index (χ1n) is 10.8. The van der Waals surface area contributed by atoms with Crippen molar-refractivity contribution in [2.45, 2.75) is 37.3 Å². The Hall–Kier alpha value is -2.65. The maximum Gasteiger partial charge on any atom is 0.234 e. The van der Waals surface area contributed by atoms with E-state index < -0.39 is 10.0 Å². The number of hydrogen-bond acceptors (Lipinski definition) is 6. The maximum atomic E-state index is 12.9. The molecule has 0 N–H and O–H groups in total. The van der Waals surface area contributed by atoms with Gasteiger partial charge >= 0.3 is 0 Å². The summed E-state index contributed by atoms with van der Waals surface area (Å²) in [7, 11) is -3.30. The fourth-order valence-corrected chi connectivity index (χ4v) is 6.02. The van der Waals surface area contributed by atoms with Gasteiger partial charge in [-0.1, -0.05) is 30.0 Å². The van der Waals surface area contributed by atoms with Crippen molar-refractivity contribution in [2.75, 3.05) is 22.4 Å². The summed E-state index contributed by atoms with van der Waals surface area (Å²) in [5.74, 6) is 1.69. The van der Waals surface area contributed by atoms with Crippen LogP contribution in [0.4, 0.5) is 5.69 Å². The van der Waals surface area contributed by atoms with Gasteiger partial charge in [-0.15, -0.1) is 10.2 Å². The molecule has 32 heavy (non-hydrogen) atoms. The number of nitrogens with zero attached hydrogens (tertiary/aromatic N) is 4. The molecular weight excluding hydrogens is 444 g/mol. The fourth-order valence-electron chi connectivity index (χ4n) is 4.00. The number of benzene rings is 2. The van der Waals surface area contributed by atoms with Gasteiger partial charge in [0.05, 0.1) is 17.2 Å². The van der Waals surface area contributed by atoms with Crippen molar-refractivity contribution in [3.05, 3.63) is 65.5 Å². The van der Waals surface area contributed by atoms with Crippen molar-refractivity contribution in [3.63, 3.8) is 0 Å². The molecule has 1 fully saturated rings. The first kappa shape index (κ1) is 21.2. The normalized spacial score (nSPS) is 15.7. The lowest BCUT2D eigenvalue weighted by atomic mass is 10.1. The van der Waals surface area contributed by atoms with Gasteiger partial charge in [0, 0.05) is 23.7 Å². The summed E-state index contributed by atoms with van der Waals surface area (Å²) >= 11 is 1.39. The predicted octanol–water partition coefficient (Wildman–Crippen LogP) is 3.83. The Morgan fingerprint density at radius 3 is 2.62 bits per heavy atom. The lowest BCUT2D eigenvalue weighted by molar-refractivity contribution is 0.102. The van der Waals surface area contributed by atoms with E-state index in [1.807, 2.05) is 36.4 Å². The van der Waals surface area contributed by atoms with Crippen LogP contribution in [0.1, 0.15) is 47.4 Å². The molecular formula is C23H24N4O3S2. The highest BCUT2D eigenvalue weighted by molar-refractivity contribution is 7.99. The topological polar surface area (TPSA) is 85.2 Å². The summed E-state index contributed by atoms with van der Waals surface area (Å²) < 4.78 is 28.1. The molecule has 1 saturated carbocycles. The lowest BCUT2D eigenvalue weighted by Gasteiger charge is -2.18.